The highest BCUT2D eigenvalue weighted by Crippen LogP contribution is 2.35. The average Bonchev–Trinajstić information content (AvgIpc) is 2.46. The zero-order chi connectivity index (χ0) is 14.5. The van der Waals surface area contributed by atoms with Crippen molar-refractivity contribution in [3.63, 3.8) is 0 Å². The number of carbonyl (C=O) groups excluding carboxylic acids is 1. The van der Waals surface area contributed by atoms with E-state index < -0.39 is 0 Å². The molecule has 20 heavy (non-hydrogen) atoms. The third-order valence-electron chi connectivity index (χ3n) is 3.41. The van der Waals surface area contributed by atoms with Crippen molar-refractivity contribution in [3.8, 4) is 11.5 Å². The quantitative estimate of drug-likeness (QED) is 0.792. The summed E-state index contributed by atoms with van der Waals surface area (Å²) in [5.41, 5.74) is 2.06. The highest BCUT2D eigenvalue weighted by molar-refractivity contribution is 5.75. The van der Waals surface area contributed by atoms with Gasteiger partial charge in [0.2, 0.25) is 0 Å². The van der Waals surface area contributed by atoms with Crippen LogP contribution in [0.4, 0.5) is 0 Å². The Labute approximate surface area is 119 Å². The van der Waals surface area contributed by atoms with Gasteiger partial charge >= 0.3 is 5.97 Å². The second kappa shape index (κ2) is 6.46. The number of allylic oxidation sites excluding steroid dienone is 1. The van der Waals surface area contributed by atoms with E-state index in [1.807, 2.05) is 18.2 Å². The van der Waals surface area contributed by atoms with Gasteiger partial charge in [0.25, 0.3) is 0 Å². The largest absolute Gasteiger partial charge is 0.493 e. The highest BCUT2D eigenvalue weighted by Gasteiger charge is 2.22. The van der Waals surface area contributed by atoms with Crippen LogP contribution in [0.1, 0.15) is 31.7 Å². The lowest BCUT2D eigenvalue weighted by molar-refractivity contribution is -0.144. The predicted molar refractivity (Wildman–Crippen MR) is 76.9 cm³/mol. The molecule has 1 aromatic carbocycles. The Balaban J connectivity index is 2.33. The first-order valence-electron chi connectivity index (χ1n) is 6.75. The molecule has 0 saturated heterocycles. The number of esters is 1. The minimum Gasteiger partial charge on any atom is -0.493 e. The molecule has 0 radical (unpaired) electrons. The van der Waals surface area contributed by atoms with Gasteiger partial charge in [-0.25, -0.2) is 0 Å². The van der Waals surface area contributed by atoms with E-state index in [0.29, 0.717) is 11.5 Å². The minimum atomic E-state index is -0.247. The van der Waals surface area contributed by atoms with E-state index in [0.717, 1.165) is 30.4 Å². The van der Waals surface area contributed by atoms with E-state index in [4.69, 9.17) is 14.2 Å². The molecule has 0 fully saturated rings. The van der Waals surface area contributed by atoms with E-state index in [1.54, 1.807) is 14.2 Å². The third-order valence-corrected chi connectivity index (χ3v) is 3.41. The standard InChI is InChI=1S/C16H20O4/c1-11(17)20-14-7-5-4-6-13(14)12-8-9-15(18-2)16(10-12)19-3/h6,8-10,14H,4-5,7H2,1-3H3/t14-/m1/s1. The summed E-state index contributed by atoms with van der Waals surface area (Å²) in [6.07, 6.45) is 4.87. The molecular weight excluding hydrogens is 256 g/mol. The Kier molecular flexibility index (Phi) is 4.66. The van der Waals surface area contributed by atoms with Gasteiger partial charge in [0.15, 0.2) is 11.5 Å². The van der Waals surface area contributed by atoms with Crippen LogP contribution in [0.3, 0.4) is 0 Å². The first-order chi connectivity index (χ1) is 9.65. The lowest BCUT2D eigenvalue weighted by Crippen LogP contribution is -2.20. The summed E-state index contributed by atoms with van der Waals surface area (Å²) in [5, 5.41) is 0. The molecule has 2 rings (SSSR count). The van der Waals surface area contributed by atoms with Crippen LogP contribution in [0, 0.1) is 0 Å². The van der Waals surface area contributed by atoms with Crippen LogP contribution in [0.5, 0.6) is 11.5 Å². The maximum atomic E-state index is 11.2. The van der Waals surface area contributed by atoms with Crippen LogP contribution in [-0.4, -0.2) is 26.3 Å². The van der Waals surface area contributed by atoms with Crippen molar-refractivity contribution < 1.29 is 19.0 Å². The topological polar surface area (TPSA) is 44.8 Å². The fourth-order valence-corrected chi connectivity index (χ4v) is 2.49. The summed E-state index contributed by atoms with van der Waals surface area (Å²) in [6, 6.07) is 5.76. The first-order valence-corrected chi connectivity index (χ1v) is 6.75. The fraction of sp³-hybridized carbons (Fsp3) is 0.438. The molecule has 0 bridgehead atoms. The van der Waals surface area contributed by atoms with Gasteiger partial charge in [-0.3, -0.25) is 4.79 Å². The number of carbonyl (C=O) groups is 1. The SMILES string of the molecule is COc1ccc(C2=CCCC[C@H]2OC(C)=O)cc1OC. The first kappa shape index (κ1) is 14.4. The predicted octanol–water partition coefficient (Wildman–Crippen LogP) is 3.20. The highest BCUT2D eigenvalue weighted by atomic mass is 16.5. The maximum Gasteiger partial charge on any atom is 0.303 e. The van der Waals surface area contributed by atoms with Crippen molar-refractivity contribution in [3.05, 3.63) is 29.8 Å². The van der Waals surface area contributed by atoms with Gasteiger partial charge in [-0.2, -0.15) is 0 Å². The summed E-state index contributed by atoms with van der Waals surface area (Å²) in [5.74, 6) is 1.12. The Morgan fingerprint density at radius 3 is 2.60 bits per heavy atom. The molecule has 1 aliphatic carbocycles. The number of hydrogen-bond acceptors (Lipinski definition) is 4. The van der Waals surface area contributed by atoms with Crippen molar-refractivity contribution in [1.82, 2.24) is 0 Å². The Bertz CT molecular complexity index is 519. The molecule has 1 aliphatic rings. The number of benzene rings is 1. The van der Waals surface area contributed by atoms with Gasteiger partial charge in [0.05, 0.1) is 14.2 Å². The van der Waals surface area contributed by atoms with Crippen LogP contribution in [0.15, 0.2) is 24.3 Å². The zero-order valence-corrected chi connectivity index (χ0v) is 12.1. The average molecular weight is 276 g/mol. The van der Waals surface area contributed by atoms with Crippen LogP contribution in [-0.2, 0) is 9.53 Å². The van der Waals surface area contributed by atoms with E-state index in [9.17, 15) is 4.79 Å². The molecule has 0 spiro atoms. The molecule has 4 nitrogen and oxygen atoms in total. The van der Waals surface area contributed by atoms with Gasteiger partial charge in [-0.15, -0.1) is 0 Å². The molecule has 0 aliphatic heterocycles. The van der Waals surface area contributed by atoms with Crippen molar-refractivity contribution in [2.75, 3.05) is 14.2 Å². The van der Waals surface area contributed by atoms with Crippen LogP contribution >= 0.6 is 0 Å². The van der Waals surface area contributed by atoms with Gasteiger partial charge in [-0.05, 0) is 42.5 Å². The fourth-order valence-electron chi connectivity index (χ4n) is 2.49. The molecule has 0 unspecified atom stereocenters. The molecule has 4 heteroatoms. The molecule has 1 aromatic rings. The summed E-state index contributed by atoms with van der Waals surface area (Å²) >= 11 is 0. The molecular formula is C16H20O4. The normalized spacial score (nSPS) is 18.1. The summed E-state index contributed by atoms with van der Waals surface area (Å²) in [7, 11) is 3.22. The van der Waals surface area contributed by atoms with Gasteiger partial charge < -0.3 is 14.2 Å². The van der Waals surface area contributed by atoms with Crippen molar-refractivity contribution in [2.24, 2.45) is 0 Å². The van der Waals surface area contributed by atoms with Gasteiger partial charge in [0, 0.05) is 6.92 Å². The minimum absolute atomic E-state index is 0.167. The maximum absolute atomic E-state index is 11.2. The van der Waals surface area contributed by atoms with E-state index in [1.165, 1.54) is 6.92 Å². The van der Waals surface area contributed by atoms with Crippen molar-refractivity contribution >= 4 is 11.5 Å². The molecule has 0 aromatic heterocycles. The smallest absolute Gasteiger partial charge is 0.303 e. The lowest BCUT2D eigenvalue weighted by atomic mass is 9.90. The Morgan fingerprint density at radius 2 is 1.95 bits per heavy atom. The molecule has 1 atom stereocenters. The van der Waals surface area contributed by atoms with E-state index in [2.05, 4.69) is 6.08 Å². The number of hydrogen-bond donors (Lipinski definition) is 0. The van der Waals surface area contributed by atoms with Crippen LogP contribution in [0.25, 0.3) is 5.57 Å². The molecule has 0 N–H and O–H groups in total. The van der Waals surface area contributed by atoms with Crippen LogP contribution in [0.2, 0.25) is 0 Å². The molecule has 0 heterocycles. The van der Waals surface area contributed by atoms with E-state index >= 15 is 0 Å². The Morgan fingerprint density at radius 1 is 1.20 bits per heavy atom. The van der Waals surface area contributed by atoms with E-state index in [-0.39, 0.29) is 12.1 Å². The third kappa shape index (κ3) is 3.13. The van der Waals surface area contributed by atoms with Gasteiger partial charge in [-0.1, -0.05) is 12.1 Å². The summed E-state index contributed by atoms with van der Waals surface area (Å²) in [4.78, 5) is 11.2. The van der Waals surface area contributed by atoms with Crippen molar-refractivity contribution in [1.29, 1.82) is 0 Å². The second-order valence-corrected chi connectivity index (χ2v) is 4.76. The Hall–Kier alpha value is -1.97. The number of ether oxygens (including phenoxy) is 3. The lowest BCUT2D eigenvalue weighted by Gasteiger charge is -2.24. The summed E-state index contributed by atoms with van der Waals surface area (Å²) < 4.78 is 16.0. The summed E-state index contributed by atoms with van der Waals surface area (Å²) in [6.45, 7) is 1.45. The molecule has 0 amide bonds. The van der Waals surface area contributed by atoms with Crippen LogP contribution < -0.4 is 9.47 Å². The molecule has 108 valence electrons. The molecule has 0 saturated carbocycles. The number of rotatable bonds is 4. The zero-order valence-electron chi connectivity index (χ0n) is 12.1. The second-order valence-electron chi connectivity index (χ2n) is 4.76. The van der Waals surface area contributed by atoms with Crippen molar-refractivity contribution in [2.45, 2.75) is 32.3 Å². The van der Waals surface area contributed by atoms with Gasteiger partial charge in [0.1, 0.15) is 6.10 Å². The number of methoxy groups -OCH3 is 2. The monoisotopic (exact) mass is 276 g/mol.